The van der Waals surface area contributed by atoms with Gasteiger partial charge in [-0.1, -0.05) is 11.6 Å². The van der Waals surface area contributed by atoms with Crippen molar-refractivity contribution in [3.05, 3.63) is 27.1 Å². The van der Waals surface area contributed by atoms with E-state index in [2.05, 4.69) is 4.98 Å². The van der Waals surface area contributed by atoms with Crippen LogP contribution in [0, 0.1) is 6.92 Å². The zero-order chi connectivity index (χ0) is 7.72. The fourth-order valence-electron chi connectivity index (χ4n) is 0.655. The van der Waals surface area contributed by atoms with Gasteiger partial charge in [-0.15, -0.1) is 0 Å². The highest BCUT2D eigenvalue weighted by Gasteiger charge is 2.01. The maximum atomic E-state index is 10.6. The standard InChI is InChI=1S/C6H6ClNO2/c1-3-6(7)4(9)2-5(10)8-3/h2H,1H3,(H2,8,9,10). The minimum absolute atomic E-state index is 0.178. The molecule has 1 rings (SSSR count). The molecule has 0 aliphatic rings. The quantitative estimate of drug-likeness (QED) is 0.595. The Morgan fingerprint density at radius 3 is 2.80 bits per heavy atom. The third-order valence-corrected chi connectivity index (χ3v) is 1.61. The molecule has 0 bridgehead atoms. The van der Waals surface area contributed by atoms with E-state index in [4.69, 9.17) is 16.7 Å². The van der Waals surface area contributed by atoms with Crippen molar-refractivity contribution in [2.75, 3.05) is 0 Å². The van der Waals surface area contributed by atoms with Crippen molar-refractivity contribution < 1.29 is 5.11 Å². The van der Waals surface area contributed by atoms with E-state index in [1.165, 1.54) is 0 Å². The molecule has 10 heavy (non-hydrogen) atoms. The Morgan fingerprint density at radius 2 is 2.30 bits per heavy atom. The number of rotatable bonds is 0. The van der Waals surface area contributed by atoms with Gasteiger partial charge in [-0.2, -0.15) is 0 Å². The first-order chi connectivity index (χ1) is 4.61. The molecule has 0 unspecified atom stereocenters. The minimum atomic E-state index is -0.348. The van der Waals surface area contributed by atoms with Crippen LogP contribution >= 0.6 is 11.6 Å². The normalized spacial score (nSPS) is 9.80. The summed E-state index contributed by atoms with van der Waals surface area (Å²) in [6.07, 6.45) is 0. The number of pyridine rings is 1. The topological polar surface area (TPSA) is 53.1 Å². The van der Waals surface area contributed by atoms with Crippen molar-refractivity contribution in [2.24, 2.45) is 0 Å². The summed E-state index contributed by atoms with van der Waals surface area (Å²) in [5.74, 6) is -0.178. The smallest absolute Gasteiger partial charge is 0.251 e. The minimum Gasteiger partial charge on any atom is -0.506 e. The highest BCUT2D eigenvalue weighted by atomic mass is 35.5. The van der Waals surface area contributed by atoms with Crippen LogP contribution in [-0.4, -0.2) is 10.1 Å². The van der Waals surface area contributed by atoms with Gasteiger partial charge in [0.05, 0.1) is 0 Å². The Balaban J connectivity index is 3.46. The Bertz CT molecular complexity index is 279. The first-order valence-electron chi connectivity index (χ1n) is 2.69. The van der Waals surface area contributed by atoms with Gasteiger partial charge in [0.25, 0.3) is 5.56 Å². The molecule has 0 fully saturated rings. The summed E-state index contributed by atoms with van der Waals surface area (Å²) in [5, 5.41) is 9.12. The number of hydrogen-bond donors (Lipinski definition) is 2. The van der Waals surface area contributed by atoms with Gasteiger partial charge >= 0.3 is 0 Å². The van der Waals surface area contributed by atoms with Crippen molar-refractivity contribution in [2.45, 2.75) is 6.92 Å². The molecule has 0 saturated heterocycles. The zero-order valence-electron chi connectivity index (χ0n) is 5.31. The number of aromatic nitrogens is 1. The number of hydrogen-bond acceptors (Lipinski definition) is 2. The molecule has 54 valence electrons. The van der Waals surface area contributed by atoms with Crippen LogP contribution in [-0.2, 0) is 0 Å². The fourth-order valence-corrected chi connectivity index (χ4v) is 0.757. The highest BCUT2D eigenvalue weighted by Crippen LogP contribution is 2.21. The van der Waals surface area contributed by atoms with Crippen molar-refractivity contribution in [1.29, 1.82) is 0 Å². The molecule has 0 aliphatic carbocycles. The zero-order valence-corrected chi connectivity index (χ0v) is 6.07. The molecule has 0 radical (unpaired) electrons. The molecule has 3 nitrogen and oxygen atoms in total. The van der Waals surface area contributed by atoms with Crippen molar-refractivity contribution in [3.63, 3.8) is 0 Å². The number of halogens is 1. The van der Waals surface area contributed by atoms with Crippen LogP contribution < -0.4 is 5.56 Å². The first-order valence-corrected chi connectivity index (χ1v) is 3.07. The molecule has 1 aromatic heterocycles. The summed E-state index contributed by atoms with van der Waals surface area (Å²) >= 11 is 5.53. The molecule has 0 atom stereocenters. The maximum absolute atomic E-state index is 10.6. The van der Waals surface area contributed by atoms with E-state index in [1.54, 1.807) is 6.92 Å². The number of aromatic hydroxyl groups is 1. The largest absolute Gasteiger partial charge is 0.506 e. The van der Waals surface area contributed by atoms with E-state index in [0.29, 0.717) is 5.69 Å². The SMILES string of the molecule is Cc1[nH]c(=O)cc(O)c1Cl. The van der Waals surface area contributed by atoms with Gasteiger partial charge in [-0.25, -0.2) is 0 Å². The first kappa shape index (κ1) is 7.15. The summed E-state index contributed by atoms with van der Waals surface area (Å²) in [7, 11) is 0. The Labute approximate surface area is 62.3 Å². The predicted octanol–water partition coefficient (Wildman–Crippen LogP) is 1.04. The number of H-pyrrole nitrogens is 1. The second-order valence-corrected chi connectivity index (χ2v) is 2.34. The molecular weight excluding hydrogens is 154 g/mol. The maximum Gasteiger partial charge on any atom is 0.251 e. The molecule has 0 amide bonds. The molecule has 0 aromatic carbocycles. The molecular formula is C6H6ClNO2. The Hall–Kier alpha value is -0.960. The van der Waals surface area contributed by atoms with Crippen LogP contribution in [0.15, 0.2) is 10.9 Å². The van der Waals surface area contributed by atoms with Gasteiger partial charge in [0.1, 0.15) is 10.8 Å². The summed E-state index contributed by atoms with van der Waals surface area (Å²) < 4.78 is 0. The van der Waals surface area contributed by atoms with Crippen molar-refractivity contribution in [3.8, 4) is 5.75 Å². The summed E-state index contributed by atoms with van der Waals surface area (Å²) in [6, 6.07) is 1.04. The van der Waals surface area contributed by atoms with Crippen LogP contribution in [0.3, 0.4) is 0 Å². The molecule has 2 N–H and O–H groups in total. The molecule has 0 spiro atoms. The number of aryl methyl sites for hydroxylation is 1. The lowest BCUT2D eigenvalue weighted by molar-refractivity contribution is 0.473. The van der Waals surface area contributed by atoms with E-state index < -0.39 is 0 Å². The fraction of sp³-hybridized carbons (Fsp3) is 0.167. The van der Waals surface area contributed by atoms with Gasteiger partial charge in [0.15, 0.2) is 0 Å². The third-order valence-electron chi connectivity index (χ3n) is 1.13. The Kier molecular flexibility index (Phi) is 1.68. The molecule has 1 heterocycles. The van der Waals surface area contributed by atoms with E-state index in [9.17, 15) is 4.79 Å². The summed E-state index contributed by atoms with van der Waals surface area (Å²) in [5.41, 5.74) is 0.131. The van der Waals surface area contributed by atoms with Gasteiger partial charge in [-0.3, -0.25) is 4.79 Å². The van der Waals surface area contributed by atoms with Crippen molar-refractivity contribution >= 4 is 11.6 Å². The Morgan fingerprint density at radius 1 is 1.70 bits per heavy atom. The molecule has 0 aliphatic heterocycles. The van der Waals surface area contributed by atoms with E-state index in [0.717, 1.165) is 6.07 Å². The van der Waals surface area contributed by atoms with Gasteiger partial charge in [0.2, 0.25) is 0 Å². The second kappa shape index (κ2) is 2.34. The lowest BCUT2D eigenvalue weighted by atomic mass is 10.3. The summed E-state index contributed by atoms with van der Waals surface area (Å²) in [4.78, 5) is 13.0. The van der Waals surface area contributed by atoms with Gasteiger partial charge < -0.3 is 10.1 Å². The lowest BCUT2D eigenvalue weighted by Gasteiger charge is -1.97. The van der Waals surface area contributed by atoms with E-state index >= 15 is 0 Å². The number of nitrogens with one attached hydrogen (secondary N) is 1. The van der Waals surface area contributed by atoms with Crippen LogP contribution in [0.25, 0.3) is 0 Å². The second-order valence-electron chi connectivity index (χ2n) is 1.96. The molecule has 0 saturated carbocycles. The highest BCUT2D eigenvalue weighted by molar-refractivity contribution is 6.32. The summed E-state index contributed by atoms with van der Waals surface area (Å²) in [6.45, 7) is 1.61. The van der Waals surface area contributed by atoms with Gasteiger partial charge in [-0.05, 0) is 6.92 Å². The lowest BCUT2D eigenvalue weighted by Crippen LogP contribution is -2.04. The van der Waals surface area contributed by atoms with Crippen LogP contribution in [0.1, 0.15) is 5.69 Å². The van der Waals surface area contributed by atoms with E-state index in [-0.39, 0.29) is 16.3 Å². The van der Waals surface area contributed by atoms with Crippen LogP contribution in [0.4, 0.5) is 0 Å². The average molecular weight is 160 g/mol. The van der Waals surface area contributed by atoms with E-state index in [1.807, 2.05) is 0 Å². The monoisotopic (exact) mass is 159 g/mol. The average Bonchev–Trinajstić information content (AvgIpc) is 1.82. The molecule has 1 aromatic rings. The molecule has 4 heteroatoms. The third kappa shape index (κ3) is 1.14. The van der Waals surface area contributed by atoms with Gasteiger partial charge in [0, 0.05) is 11.8 Å². The number of aromatic amines is 1. The van der Waals surface area contributed by atoms with Crippen molar-refractivity contribution in [1.82, 2.24) is 4.98 Å². The predicted molar refractivity (Wildman–Crippen MR) is 38.5 cm³/mol. The van der Waals surface area contributed by atoms with Crippen LogP contribution in [0.5, 0.6) is 5.75 Å². The van der Waals surface area contributed by atoms with Crippen LogP contribution in [0.2, 0.25) is 5.02 Å².